The van der Waals surface area contributed by atoms with Gasteiger partial charge in [0.05, 0.1) is 12.8 Å². The van der Waals surface area contributed by atoms with Crippen LogP contribution in [0.2, 0.25) is 0 Å². The van der Waals surface area contributed by atoms with E-state index in [-0.39, 0.29) is 24.0 Å². The summed E-state index contributed by atoms with van der Waals surface area (Å²) < 4.78 is 34.9. The summed E-state index contributed by atoms with van der Waals surface area (Å²) in [7, 11) is 1.55. The number of nitrogens with zero attached hydrogens (tertiary/aromatic N) is 2. The van der Waals surface area contributed by atoms with Crippen molar-refractivity contribution in [2.45, 2.75) is 24.2 Å². The third-order valence-electron chi connectivity index (χ3n) is 4.40. The number of carbonyl (C=O) groups is 2. The third kappa shape index (κ3) is 6.33. The number of ether oxygens (including phenoxy) is 2. The minimum Gasteiger partial charge on any atom is -0.497 e. The lowest BCUT2D eigenvalue weighted by Crippen LogP contribution is -2.45. The highest BCUT2D eigenvalue weighted by Gasteiger charge is 2.35. The second-order valence-corrected chi connectivity index (χ2v) is 8.21. The molecule has 3 rings (SSSR count). The number of thioether (sulfide) groups is 1. The first-order valence-corrected chi connectivity index (χ1v) is 10.8. The Kier molecular flexibility index (Phi) is 7.57. The summed E-state index contributed by atoms with van der Waals surface area (Å²) in [5.41, 5.74) is -2.84. The minimum atomic E-state index is -3.82. The van der Waals surface area contributed by atoms with Gasteiger partial charge in [0, 0.05) is 30.3 Å². The van der Waals surface area contributed by atoms with E-state index >= 15 is 0 Å². The van der Waals surface area contributed by atoms with Crippen molar-refractivity contribution in [2.24, 2.45) is 4.99 Å². The fourth-order valence-electron chi connectivity index (χ4n) is 2.88. The lowest BCUT2D eigenvalue weighted by Gasteiger charge is -2.30. The number of halogens is 3. The fourth-order valence-corrected chi connectivity index (χ4v) is 4.13. The SMILES string of the molecule is CCN1C(=O)CC(C(=O)Nc2ccc(OC)cc2)SC1=Nc1ccc(OC(F)(F)Cl)cc1. The summed E-state index contributed by atoms with van der Waals surface area (Å²) in [4.78, 5) is 31.3. The summed E-state index contributed by atoms with van der Waals surface area (Å²) in [6.45, 7) is 2.17. The molecule has 1 aliphatic rings. The quantitative estimate of drug-likeness (QED) is 0.570. The van der Waals surface area contributed by atoms with Crippen molar-refractivity contribution < 1.29 is 27.8 Å². The van der Waals surface area contributed by atoms with E-state index in [0.29, 0.717) is 28.8 Å². The number of hydrogen-bond acceptors (Lipinski definition) is 6. The number of anilines is 1. The van der Waals surface area contributed by atoms with Crippen LogP contribution in [-0.4, -0.2) is 46.4 Å². The van der Waals surface area contributed by atoms with Crippen LogP contribution in [0.5, 0.6) is 11.5 Å². The van der Waals surface area contributed by atoms with Gasteiger partial charge in [-0.1, -0.05) is 11.8 Å². The van der Waals surface area contributed by atoms with Crippen LogP contribution in [0.3, 0.4) is 0 Å². The van der Waals surface area contributed by atoms with E-state index in [9.17, 15) is 18.4 Å². The van der Waals surface area contributed by atoms with Crippen molar-refractivity contribution in [2.75, 3.05) is 19.0 Å². The van der Waals surface area contributed by atoms with E-state index in [1.165, 1.54) is 29.2 Å². The van der Waals surface area contributed by atoms with Gasteiger partial charge in [0.15, 0.2) is 5.17 Å². The first-order valence-electron chi connectivity index (χ1n) is 9.55. The first kappa shape index (κ1) is 23.8. The minimum absolute atomic E-state index is 0.0249. The number of amidine groups is 1. The summed E-state index contributed by atoms with van der Waals surface area (Å²) in [5, 5.41) is 2.45. The smallest absolute Gasteiger partial charge is 0.487 e. The molecule has 32 heavy (non-hydrogen) atoms. The highest BCUT2D eigenvalue weighted by Crippen LogP contribution is 2.31. The van der Waals surface area contributed by atoms with E-state index in [1.807, 2.05) is 0 Å². The normalized spacial score (nSPS) is 17.9. The monoisotopic (exact) mass is 483 g/mol. The van der Waals surface area contributed by atoms with E-state index in [1.54, 1.807) is 38.3 Å². The topological polar surface area (TPSA) is 80.2 Å². The van der Waals surface area contributed by atoms with Crippen LogP contribution in [0.4, 0.5) is 20.2 Å². The lowest BCUT2D eigenvalue weighted by atomic mass is 10.2. The Balaban J connectivity index is 1.75. The molecule has 2 aromatic rings. The van der Waals surface area contributed by atoms with Crippen LogP contribution in [0.15, 0.2) is 53.5 Å². The Hall–Kier alpha value is -2.85. The van der Waals surface area contributed by atoms with Crippen LogP contribution in [-0.2, 0) is 9.59 Å². The van der Waals surface area contributed by atoms with Crippen molar-refractivity contribution in [3.8, 4) is 11.5 Å². The molecule has 1 saturated heterocycles. The number of carbonyl (C=O) groups excluding carboxylic acids is 2. The molecule has 0 aliphatic carbocycles. The van der Waals surface area contributed by atoms with E-state index in [2.05, 4.69) is 15.0 Å². The van der Waals surface area contributed by atoms with E-state index in [0.717, 1.165) is 11.8 Å². The molecule has 1 N–H and O–H groups in total. The molecule has 1 fully saturated rings. The molecule has 2 aromatic carbocycles. The first-order chi connectivity index (χ1) is 15.2. The molecule has 0 saturated carbocycles. The van der Waals surface area contributed by atoms with E-state index < -0.39 is 10.8 Å². The van der Waals surface area contributed by atoms with Gasteiger partial charge in [-0.2, -0.15) is 0 Å². The van der Waals surface area contributed by atoms with Crippen LogP contribution >= 0.6 is 23.4 Å². The Bertz CT molecular complexity index is 998. The van der Waals surface area contributed by atoms with Gasteiger partial charge in [-0.25, -0.2) is 4.99 Å². The molecule has 170 valence electrons. The van der Waals surface area contributed by atoms with Crippen LogP contribution in [0.25, 0.3) is 0 Å². The van der Waals surface area contributed by atoms with Gasteiger partial charge in [-0.15, -0.1) is 8.78 Å². The second kappa shape index (κ2) is 10.2. The lowest BCUT2D eigenvalue weighted by molar-refractivity contribution is -0.129. The fraction of sp³-hybridized carbons (Fsp3) is 0.286. The largest absolute Gasteiger partial charge is 0.497 e. The molecule has 0 bridgehead atoms. The molecule has 2 amide bonds. The second-order valence-electron chi connectivity index (χ2n) is 6.60. The molecule has 7 nitrogen and oxygen atoms in total. The Morgan fingerprint density at radius 2 is 1.84 bits per heavy atom. The van der Waals surface area contributed by atoms with Crippen LogP contribution in [0, 0.1) is 0 Å². The van der Waals surface area contributed by atoms with E-state index in [4.69, 9.17) is 16.3 Å². The number of amides is 2. The zero-order valence-electron chi connectivity index (χ0n) is 17.2. The van der Waals surface area contributed by atoms with Gasteiger partial charge in [0.25, 0.3) is 0 Å². The summed E-state index contributed by atoms with van der Waals surface area (Å²) in [6.07, 6.45) is 0.0249. The van der Waals surface area contributed by atoms with Crippen molar-refractivity contribution in [1.29, 1.82) is 0 Å². The average Bonchev–Trinajstić information content (AvgIpc) is 2.74. The number of aliphatic imine (C=N–C) groups is 1. The molecule has 0 aromatic heterocycles. The highest BCUT2D eigenvalue weighted by atomic mass is 35.5. The third-order valence-corrected chi connectivity index (χ3v) is 5.67. The van der Waals surface area contributed by atoms with Gasteiger partial charge in [0.2, 0.25) is 11.8 Å². The molecule has 11 heteroatoms. The standard InChI is InChI=1S/C21H20ClF2N3O4S/c1-3-27-18(28)12-17(19(29)25-13-4-8-15(30-2)9-5-13)32-20(27)26-14-6-10-16(11-7-14)31-21(22,23)24/h4-11,17H,3,12H2,1-2H3,(H,25,29). The van der Waals surface area contributed by atoms with Gasteiger partial charge in [-0.3, -0.25) is 14.5 Å². The number of rotatable bonds is 7. The molecular formula is C21H20ClF2N3O4S. The Morgan fingerprint density at radius 3 is 2.41 bits per heavy atom. The van der Waals surface area contributed by atoms with Crippen molar-refractivity contribution in [3.63, 3.8) is 0 Å². The van der Waals surface area contributed by atoms with Crippen molar-refractivity contribution in [1.82, 2.24) is 4.90 Å². The maximum Gasteiger partial charge on any atom is 0.487 e. The summed E-state index contributed by atoms with van der Waals surface area (Å²) in [6, 6.07) is 12.3. The van der Waals surface area contributed by atoms with Crippen molar-refractivity contribution >= 4 is 51.7 Å². The summed E-state index contributed by atoms with van der Waals surface area (Å²) in [5.74, 6) is -0.0403. The average molecular weight is 484 g/mol. The molecule has 1 heterocycles. The van der Waals surface area contributed by atoms with Crippen molar-refractivity contribution in [3.05, 3.63) is 48.5 Å². The van der Waals surface area contributed by atoms with Gasteiger partial charge in [0.1, 0.15) is 16.7 Å². The molecular weight excluding hydrogens is 464 g/mol. The molecule has 0 radical (unpaired) electrons. The van der Waals surface area contributed by atoms with Gasteiger partial charge >= 0.3 is 5.57 Å². The van der Waals surface area contributed by atoms with Crippen LogP contribution in [0.1, 0.15) is 13.3 Å². The number of methoxy groups -OCH3 is 1. The number of alkyl halides is 3. The predicted molar refractivity (Wildman–Crippen MR) is 120 cm³/mol. The Morgan fingerprint density at radius 1 is 1.22 bits per heavy atom. The number of benzene rings is 2. The zero-order valence-corrected chi connectivity index (χ0v) is 18.8. The zero-order chi connectivity index (χ0) is 23.3. The summed E-state index contributed by atoms with van der Waals surface area (Å²) >= 11 is 5.92. The molecule has 1 aliphatic heterocycles. The maximum atomic E-state index is 12.8. The molecule has 1 atom stereocenters. The molecule has 1 unspecified atom stereocenters. The molecule has 0 spiro atoms. The van der Waals surface area contributed by atoms with Crippen LogP contribution < -0.4 is 14.8 Å². The van der Waals surface area contributed by atoms with Gasteiger partial charge < -0.3 is 14.8 Å². The van der Waals surface area contributed by atoms with Gasteiger partial charge in [-0.05, 0) is 55.5 Å². The Labute approximate surface area is 192 Å². The maximum absolute atomic E-state index is 12.8. The highest BCUT2D eigenvalue weighted by molar-refractivity contribution is 8.15. The predicted octanol–water partition coefficient (Wildman–Crippen LogP) is 4.84. The number of nitrogens with one attached hydrogen (secondary N) is 1. The number of hydrogen-bond donors (Lipinski definition) is 1.